The number of benzene rings is 1. The van der Waals surface area contributed by atoms with E-state index < -0.39 is 37.3 Å². The Bertz CT molecular complexity index is 1120. The molecule has 6 aliphatic heterocycles. The zero-order valence-electron chi connectivity index (χ0n) is 22.0. The lowest BCUT2D eigenvalue weighted by Crippen LogP contribution is -2.74. The minimum atomic E-state index is -1.49. The van der Waals surface area contributed by atoms with Crippen LogP contribution in [-0.2, 0) is 24.4 Å². The molecule has 4 N–H and O–H groups in total. The number of fused-ring (bicyclic) bond motifs is 2. The summed E-state index contributed by atoms with van der Waals surface area (Å²) in [4.78, 5) is 17.3. The van der Waals surface area contributed by atoms with Crippen molar-refractivity contribution in [1.82, 2.24) is 4.90 Å². The van der Waals surface area contributed by atoms with E-state index in [1.54, 1.807) is 0 Å². The van der Waals surface area contributed by atoms with Gasteiger partial charge in [-0.3, -0.25) is 9.69 Å². The van der Waals surface area contributed by atoms with Crippen LogP contribution in [0.25, 0.3) is 0 Å². The van der Waals surface area contributed by atoms with Gasteiger partial charge in [-0.1, -0.05) is 25.1 Å². The average Bonchev–Trinajstić information content (AvgIpc) is 3.31. The molecule has 5 saturated heterocycles. The first-order chi connectivity index (χ1) is 18.2. The van der Waals surface area contributed by atoms with Gasteiger partial charge in [-0.25, -0.2) is 0 Å². The second-order valence-corrected chi connectivity index (χ2v) is 12.2. The molecule has 1 saturated carbocycles. The van der Waals surface area contributed by atoms with Crippen molar-refractivity contribution in [3.8, 4) is 0 Å². The molecule has 208 valence electrons. The molecule has 1 spiro atoms. The van der Waals surface area contributed by atoms with E-state index in [0.717, 1.165) is 19.3 Å². The number of carbonyl (C=O) groups is 1. The Balaban J connectivity index is 1.30. The van der Waals surface area contributed by atoms with Crippen molar-refractivity contribution in [2.24, 2.45) is 17.8 Å². The number of piperidine rings is 4. The number of esters is 1. The molecular weight excluding hydrogens is 492 g/mol. The third kappa shape index (κ3) is 3.00. The van der Waals surface area contributed by atoms with Crippen LogP contribution in [0.1, 0.15) is 38.7 Å². The Kier molecular flexibility index (Phi) is 5.70. The van der Waals surface area contributed by atoms with Crippen molar-refractivity contribution in [2.75, 3.05) is 18.6 Å². The number of para-hydroxylation sites is 1. The molecule has 6 fully saturated rings. The van der Waals surface area contributed by atoms with E-state index in [2.05, 4.69) is 48.0 Å². The van der Waals surface area contributed by atoms with Gasteiger partial charge in [-0.2, -0.15) is 0 Å². The Morgan fingerprint density at radius 3 is 2.63 bits per heavy atom. The van der Waals surface area contributed by atoms with Crippen molar-refractivity contribution >= 4 is 11.7 Å². The quantitative estimate of drug-likeness (QED) is 0.384. The zero-order chi connectivity index (χ0) is 26.7. The van der Waals surface area contributed by atoms with Crippen LogP contribution in [-0.4, -0.2) is 106 Å². The maximum absolute atomic E-state index is 12.5. The zero-order valence-corrected chi connectivity index (χ0v) is 22.0. The number of nitrogens with zero attached hydrogens (tertiary/aromatic N) is 2. The summed E-state index contributed by atoms with van der Waals surface area (Å²) in [6, 6.07) is 8.86. The lowest BCUT2D eigenvalue weighted by molar-refractivity contribution is -0.350. The first-order valence-electron chi connectivity index (χ1n) is 14.0. The van der Waals surface area contributed by atoms with E-state index in [0.29, 0.717) is 0 Å². The monoisotopic (exact) mass is 530 g/mol. The number of carbonyl (C=O) groups excluding carboxylic acids is 1. The SMILES string of the molecule is CCC1C2CC3C4N(C)c5ccccc5C45CC(C2C5OC(C)=O)N3C1OC1OC(CO)C(O)C(O)C1O. The third-order valence-electron chi connectivity index (χ3n) is 10.8. The van der Waals surface area contributed by atoms with Crippen LogP contribution in [0.5, 0.6) is 0 Å². The summed E-state index contributed by atoms with van der Waals surface area (Å²) >= 11 is 0. The second-order valence-electron chi connectivity index (χ2n) is 12.2. The van der Waals surface area contributed by atoms with Crippen molar-refractivity contribution in [3.05, 3.63) is 29.8 Å². The van der Waals surface area contributed by atoms with Crippen LogP contribution in [0.3, 0.4) is 0 Å². The first-order valence-corrected chi connectivity index (χ1v) is 14.0. The highest BCUT2D eigenvalue weighted by Crippen LogP contribution is 2.70. The summed E-state index contributed by atoms with van der Waals surface area (Å²) in [5.74, 6) is 0.274. The molecule has 0 radical (unpaired) electrons. The van der Waals surface area contributed by atoms with Crippen LogP contribution in [0.15, 0.2) is 24.3 Å². The second kappa shape index (κ2) is 8.60. The molecule has 10 heteroatoms. The van der Waals surface area contributed by atoms with Gasteiger partial charge in [0.15, 0.2) is 6.29 Å². The lowest BCUT2D eigenvalue weighted by atomic mass is 9.62. The number of aliphatic hydroxyl groups excluding tert-OH is 4. The number of aliphatic hydroxyl groups is 4. The van der Waals surface area contributed by atoms with E-state index in [1.807, 2.05) is 0 Å². The van der Waals surface area contributed by atoms with Gasteiger partial charge in [0, 0.05) is 43.6 Å². The largest absolute Gasteiger partial charge is 0.461 e. The van der Waals surface area contributed by atoms with E-state index in [9.17, 15) is 25.2 Å². The van der Waals surface area contributed by atoms with E-state index in [1.165, 1.54) is 18.2 Å². The maximum atomic E-state index is 12.5. The molecule has 38 heavy (non-hydrogen) atoms. The summed E-state index contributed by atoms with van der Waals surface area (Å²) in [5, 5.41) is 41.1. The number of anilines is 1. The van der Waals surface area contributed by atoms with E-state index in [-0.39, 0.29) is 59.6 Å². The van der Waals surface area contributed by atoms with Gasteiger partial charge >= 0.3 is 5.97 Å². The van der Waals surface area contributed by atoms with Crippen molar-refractivity contribution in [1.29, 1.82) is 0 Å². The molecule has 1 aromatic carbocycles. The summed E-state index contributed by atoms with van der Waals surface area (Å²) < 4.78 is 18.6. The van der Waals surface area contributed by atoms with Gasteiger partial charge < -0.3 is 39.5 Å². The van der Waals surface area contributed by atoms with Crippen molar-refractivity contribution < 1.29 is 39.4 Å². The maximum Gasteiger partial charge on any atom is 0.302 e. The van der Waals surface area contributed by atoms with Gasteiger partial charge in [-0.05, 0) is 36.8 Å². The number of hydrogen-bond acceptors (Lipinski definition) is 10. The molecule has 6 heterocycles. The standard InChI is InChI=1S/C28H38N2O8/c1-4-13-14-9-17-24-28(15-7-5-6-8-16(15)29(24)3)10-18(20(14)25(28)36-12(2)32)30(17)26(13)38-27-23(35)22(34)21(33)19(11-31)37-27/h5-8,13-14,17-27,31,33-35H,4,9-11H2,1-3H3. The molecule has 1 aliphatic carbocycles. The molecule has 1 aromatic rings. The molecule has 15 unspecified atom stereocenters. The Labute approximate surface area is 222 Å². The fraction of sp³-hybridized carbons (Fsp3) is 0.750. The van der Waals surface area contributed by atoms with Gasteiger partial charge in [0.2, 0.25) is 0 Å². The van der Waals surface area contributed by atoms with Gasteiger partial charge in [0.1, 0.15) is 36.7 Å². The minimum absolute atomic E-state index is 0.0919. The third-order valence-corrected chi connectivity index (χ3v) is 10.8. The van der Waals surface area contributed by atoms with Gasteiger partial charge in [0.05, 0.1) is 18.1 Å². The molecule has 5 bridgehead atoms. The number of likely N-dealkylation sites (N-methyl/N-ethyl adjacent to an activating group) is 1. The summed E-state index contributed by atoms with van der Waals surface area (Å²) in [6.07, 6.45) is -4.53. The fourth-order valence-corrected chi connectivity index (χ4v) is 9.66. The molecular formula is C28H38N2O8. The highest BCUT2D eigenvalue weighted by atomic mass is 16.7. The number of hydrogen-bond donors (Lipinski definition) is 4. The topological polar surface area (TPSA) is 132 Å². The van der Waals surface area contributed by atoms with Crippen LogP contribution in [0.2, 0.25) is 0 Å². The highest BCUT2D eigenvalue weighted by Gasteiger charge is 2.78. The predicted molar refractivity (Wildman–Crippen MR) is 134 cm³/mol. The van der Waals surface area contributed by atoms with Crippen LogP contribution in [0.4, 0.5) is 5.69 Å². The minimum Gasteiger partial charge on any atom is -0.461 e. The Morgan fingerprint density at radius 2 is 1.92 bits per heavy atom. The average molecular weight is 531 g/mol. The first kappa shape index (κ1) is 25.2. The summed E-state index contributed by atoms with van der Waals surface area (Å²) in [5.41, 5.74) is 2.15. The predicted octanol–water partition coefficient (Wildman–Crippen LogP) is -0.0505. The highest BCUT2D eigenvalue weighted by molar-refractivity contribution is 5.70. The van der Waals surface area contributed by atoms with Crippen LogP contribution >= 0.6 is 0 Å². The molecule has 15 atom stereocenters. The fourth-order valence-electron chi connectivity index (χ4n) is 9.66. The Hall–Kier alpha value is -1.79. The van der Waals surface area contributed by atoms with Crippen molar-refractivity contribution in [2.45, 2.75) is 99.7 Å². The molecule has 0 aromatic heterocycles. The molecule has 7 aliphatic rings. The number of ether oxygens (including phenoxy) is 3. The molecule has 8 rings (SSSR count). The van der Waals surface area contributed by atoms with E-state index >= 15 is 0 Å². The lowest BCUT2D eigenvalue weighted by Gasteiger charge is -2.63. The van der Waals surface area contributed by atoms with Crippen LogP contribution in [0, 0.1) is 17.8 Å². The molecule has 10 nitrogen and oxygen atoms in total. The van der Waals surface area contributed by atoms with Gasteiger partial charge in [-0.15, -0.1) is 0 Å². The smallest absolute Gasteiger partial charge is 0.302 e. The van der Waals surface area contributed by atoms with E-state index in [4.69, 9.17) is 14.2 Å². The normalized spacial score (nSPS) is 51.7. The van der Waals surface area contributed by atoms with Crippen molar-refractivity contribution in [3.63, 3.8) is 0 Å². The van der Waals surface area contributed by atoms with Gasteiger partial charge in [0.25, 0.3) is 0 Å². The number of rotatable bonds is 5. The summed E-state index contributed by atoms with van der Waals surface area (Å²) in [7, 11) is 2.13. The summed E-state index contributed by atoms with van der Waals surface area (Å²) in [6.45, 7) is 3.14. The van der Waals surface area contributed by atoms with Crippen LogP contribution < -0.4 is 4.90 Å². The molecule has 0 amide bonds. The Morgan fingerprint density at radius 1 is 1.16 bits per heavy atom.